The van der Waals surface area contributed by atoms with Gasteiger partial charge in [-0.25, -0.2) is 0 Å². The Kier molecular flexibility index (Phi) is 8.84. The van der Waals surface area contributed by atoms with Crippen LogP contribution in [-0.4, -0.2) is 88.4 Å². The van der Waals surface area contributed by atoms with E-state index in [0.29, 0.717) is 6.04 Å². The summed E-state index contributed by atoms with van der Waals surface area (Å²) in [5.41, 5.74) is 0. The Morgan fingerprint density at radius 3 is 2.54 bits per heavy atom. The largest absolute Gasteiger partial charge is 0.383 e. The smallest absolute Gasteiger partial charge is 0.191 e. The highest BCUT2D eigenvalue weighted by Gasteiger charge is 2.23. The van der Waals surface area contributed by atoms with Crippen molar-refractivity contribution >= 4 is 5.96 Å². The zero-order valence-electron chi connectivity index (χ0n) is 15.9. The van der Waals surface area contributed by atoms with Gasteiger partial charge in [-0.1, -0.05) is 6.92 Å². The Hall–Kier alpha value is -0.850. The lowest BCUT2D eigenvalue weighted by Crippen LogP contribution is -2.47. The topological polar surface area (TPSA) is 52.1 Å². The normalized spacial score (nSPS) is 24.5. The molecule has 0 aromatic heterocycles. The number of likely N-dealkylation sites (N-methyl/N-ethyl adjacent to an activating group) is 1. The van der Waals surface area contributed by atoms with Crippen LogP contribution in [0.15, 0.2) is 4.99 Å². The molecule has 140 valence electrons. The van der Waals surface area contributed by atoms with E-state index < -0.39 is 0 Å². The number of piperidine rings is 1. The van der Waals surface area contributed by atoms with Gasteiger partial charge in [0.1, 0.15) is 0 Å². The van der Waals surface area contributed by atoms with Crippen LogP contribution in [0.5, 0.6) is 0 Å². The standard InChI is InChI=1S/C18H37N5O/c1-4-23-9-5-6-17(23)15-21-18(19-2)20-14-16-7-10-22(11-8-16)12-13-24-3/h16-17H,4-15H2,1-3H3,(H2,19,20,21). The van der Waals surface area contributed by atoms with E-state index in [2.05, 4.69) is 32.3 Å². The monoisotopic (exact) mass is 339 g/mol. The molecule has 0 amide bonds. The molecular weight excluding hydrogens is 302 g/mol. The van der Waals surface area contributed by atoms with Gasteiger partial charge in [-0.3, -0.25) is 9.89 Å². The van der Waals surface area contributed by atoms with Gasteiger partial charge >= 0.3 is 0 Å². The van der Waals surface area contributed by atoms with Crippen molar-refractivity contribution in [2.75, 3.05) is 66.6 Å². The number of ether oxygens (including phenoxy) is 1. The fourth-order valence-electron chi connectivity index (χ4n) is 3.85. The van der Waals surface area contributed by atoms with E-state index in [0.717, 1.165) is 44.7 Å². The van der Waals surface area contributed by atoms with Crippen LogP contribution in [0.4, 0.5) is 0 Å². The molecule has 0 radical (unpaired) electrons. The average Bonchev–Trinajstić information content (AvgIpc) is 3.08. The lowest BCUT2D eigenvalue weighted by molar-refractivity contribution is 0.121. The molecular formula is C18H37N5O. The highest BCUT2D eigenvalue weighted by Crippen LogP contribution is 2.16. The summed E-state index contributed by atoms with van der Waals surface area (Å²) in [7, 11) is 3.65. The Bertz CT molecular complexity index is 368. The van der Waals surface area contributed by atoms with Crippen LogP contribution < -0.4 is 10.6 Å². The molecule has 0 aromatic rings. The molecule has 0 bridgehead atoms. The number of likely N-dealkylation sites (tertiary alicyclic amines) is 2. The maximum Gasteiger partial charge on any atom is 0.191 e. The van der Waals surface area contributed by atoms with Crippen molar-refractivity contribution in [2.24, 2.45) is 10.9 Å². The first-order chi connectivity index (χ1) is 11.8. The number of methoxy groups -OCH3 is 1. The van der Waals surface area contributed by atoms with E-state index in [-0.39, 0.29) is 0 Å². The van der Waals surface area contributed by atoms with Gasteiger partial charge in [0, 0.05) is 39.8 Å². The number of aliphatic imine (C=N–C) groups is 1. The van der Waals surface area contributed by atoms with E-state index in [4.69, 9.17) is 4.74 Å². The highest BCUT2D eigenvalue weighted by molar-refractivity contribution is 5.79. The second-order valence-electron chi connectivity index (χ2n) is 7.04. The minimum absolute atomic E-state index is 0.664. The zero-order valence-corrected chi connectivity index (χ0v) is 15.9. The molecule has 0 saturated carbocycles. The summed E-state index contributed by atoms with van der Waals surface area (Å²) in [4.78, 5) is 9.46. The summed E-state index contributed by atoms with van der Waals surface area (Å²) >= 11 is 0. The first kappa shape index (κ1) is 19.5. The first-order valence-corrected chi connectivity index (χ1v) is 9.66. The molecule has 24 heavy (non-hydrogen) atoms. The molecule has 2 N–H and O–H groups in total. The van der Waals surface area contributed by atoms with Crippen molar-refractivity contribution in [3.63, 3.8) is 0 Å². The molecule has 2 rings (SSSR count). The Morgan fingerprint density at radius 2 is 1.88 bits per heavy atom. The summed E-state index contributed by atoms with van der Waals surface area (Å²) in [6, 6.07) is 0.664. The molecule has 6 heteroatoms. The van der Waals surface area contributed by atoms with Gasteiger partial charge in [0.25, 0.3) is 0 Å². The second kappa shape index (κ2) is 10.9. The SMILES string of the molecule is CCN1CCCC1CNC(=NC)NCC1CCN(CCOC)CC1. The number of nitrogens with zero attached hydrogens (tertiary/aromatic N) is 3. The van der Waals surface area contributed by atoms with Crippen LogP contribution >= 0.6 is 0 Å². The molecule has 2 saturated heterocycles. The summed E-state index contributed by atoms with van der Waals surface area (Å²) in [6.45, 7) is 11.0. The third kappa shape index (κ3) is 6.22. The van der Waals surface area contributed by atoms with Crippen LogP contribution in [0.25, 0.3) is 0 Å². The van der Waals surface area contributed by atoms with E-state index in [9.17, 15) is 0 Å². The van der Waals surface area contributed by atoms with E-state index in [1.165, 1.54) is 45.3 Å². The van der Waals surface area contributed by atoms with Gasteiger partial charge in [0.15, 0.2) is 5.96 Å². The second-order valence-corrected chi connectivity index (χ2v) is 7.04. The third-order valence-corrected chi connectivity index (χ3v) is 5.51. The zero-order chi connectivity index (χ0) is 17.2. The Balaban J connectivity index is 1.62. The van der Waals surface area contributed by atoms with Crippen LogP contribution in [-0.2, 0) is 4.74 Å². The minimum Gasteiger partial charge on any atom is -0.383 e. The highest BCUT2D eigenvalue weighted by atomic mass is 16.5. The van der Waals surface area contributed by atoms with Gasteiger partial charge in [-0.2, -0.15) is 0 Å². The average molecular weight is 340 g/mol. The third-order valence-electron chi connectivity index (χ3n) is 5.51. The molecule has 0 spiro atoms. The van der Waals surface area contributed by atoms with Gasteiger partial charge in [-0.05, 0) is 57.8 Å². The van der Waals surface area contributed by atoms with Crippen molar-refractivity contribution in [1.82, 2.24) is 20.4 Å². The van der Waals surface area contributed by atoms with Gasteiger partial charge in [0.05, 0.1) is 6.61 Å². The number of hydrogen-bond donors (Lipinski definition) is 2. The van der Waals surface area contributed by atoms with Crippen molar-refractivity contribution in [1.29, 1.82) is 0 Å². The lowest BCUT2D eigenvalue weighted by atomic mass is 9.97. The van der Waals surface area contributed by atoms with E-state index in [1.54, 1.807) is 7.11 Å². The molecule has 2 heterocycles. The van der Waals surface area contributed by atoms with Crippen molar-refractivity contribution in [2.45, 2.75) is 38.6 Å². The van der Waals surface area contributed by atoms with Crippen molar-refractivity contribution in [3.8, 4) is 0 Å². The van der Waals surface area contributed by atoms with Crippen molar-refractivity contribution in [3.05, 3.63) is 0 Å². The van der Waals surface area contributed by atoms with Gasteiger partial charge in [-0.15, -0.1) is 0 Å². The summed E-state index contributed by atoms with van der Waals surface area (Å²) < 4.78 is 5.17. The molecule has 0 aliphatic carbocycles. The number of hydrogen-bond acceptors (Lipinski definition) is 4. The van der Waals surface area contributed by atoms with E-state index >= 15 is 0 Å². The van der Waals surface area contributed by atoms with Crippen molar-refractivity contribution < 1.29 is 4.74 Å². The maximum absolute atomic E-state index is 5.17. The molecule has 1 atom stereocenters. The molecule has 2 fully saturated rings. The minimum atomic E-state index is 0.664. The summed E-state index contributed by atoms with van der Waals surface area (Å²) in [5.74, 6) is 1.71. The predicted molar refractivity (Wildman–Crippen MR) is 101 cm³/mol. The van der Waals surface area contributed by atoms with E-state index in [1.807, 2.05) is 7.05 Å². The Labute approximate surface area is 148 Å². The van der Waals surface area contributed by atoms with Crippen LogP contribution in [0.3, 0.4) is 0 Å². The Morgan fingerprint density at radius 1 is 1.12 bits per heavy atom. The molecule has 2 aliphatic rings. The maximum atomic E-state index is 5.17. The first-order valence-electron chi connectivity index (χ1n) is 9.66. The summed E-state index contributed by atoms with van der Waals surface area (Å²) in [5, 5.41) is 7.05. The molecule has 1 unspecified atom stereocenters. The molecule has 0 aromatic carbocycles. The fourth-order valence-corrected chi connectivity index (χ4v) is 3.85. The van der Waals surface area contributed by atoms with Crippen LogP contribution in [0.2, 0.25) is 0 Å². The quantitative estimate of drug-likeness (QED) is 0.510. The summed E-state index contributed by atoms with van der Waals surface area (Å²) in [6.07, 6.45) is 5.16. The molecule has 6 nitrogen and oxygen atoms in total. The predicted octanol–water partition coefficient (Wildman–Crippen LogP) is 0.994. The molecule has 2 aliphatic heterocycles. The number of nitrogens with one attached hydrogen (secondary N) is 2. The van der Waals surface area contributed by atoms with Gasteiger partial charge < -0.3 is 20.3 Å². The van der Waals surface area contributed by atoms with Crippen LogP contribution in [0.1, 0.15) is 32.6 Å². The lowest BCUT2D eigenvalue weighted by Gasteiger charge is -2.32. The fraction of sp³-hybridized carbons (Fsp3) is 0.944. The number of guanidine groups is 1. The van der Waals surface area contributed by atoms with Crippen LogP contribution in [0, 0.1) is 5.92 Å². The van der Waals surface area contributed by atoms with Gasteiger partial charge in [0.2, 0.25) is 0 Å². The number of rotatable bonds is 8.